The van der Waals surface area contributed by atoms with E-state index in [1.54, 1.807) is 17.5 Å². The molecule has 0 radical (unpaired) electrons. The lowest BCUT2D eigenvalue weighted by atomic mass is 10.2. The molecule has 0 spiro atoms. The molecule has 0 saturated heterocycles. The molecule has 0 bridgehead atoms. The second kappa shape index (κ2) is 4.75. The lowest BCUT2D eigenvalue weighted by Crippen LogP contribution is -2.17. The topological polar surface area (TPSA) is 42.2 Å². The summed E-state index contributed by atoms with van der Waals surface area (Å²) in [6.07, 6.45) is 1.72. The lowest BCUT2D eigenvalue weighted by Gasteiger charge is -2.18. The maximum absolute atomic E-state index is 5.77. The summed E-state index contributed by atoms with van der Waals surface area (Å²) in [5, 5.41) is 2.13. The van der Waals surface area contributed by atoms with E-state index in [4.69, 9.17) is 5.73 Å². The van der Waals surface area contributed by atoms with Gasteiger partial charge in [0.25, 0.3) is 0 Å². The fraction of sp³-hybridized carbons (Fsp3) is 0.308. The highest BCUT2D eigenvalue weighted by Crippen LogP contribution is 2.21. The van der Waals surface area contributed by atoms with Crippen LogP contribution in [-0.4, -0.2) is 12.0 Å². The molecule has 0 aliphatic carbocycles. The molecule has 2 rings (SSSR count). The first-order valence-corrected chi connectivity index (χ1v) is 6.42. The van der Waals surface area contributed by atoms with Gasteiger partial charge in [-0.3, -0.25) is 0 Å². The van der Waals surface area contributed by atoms with Crippen molar-refractivity contribution >= 4 is 22.8 Å². The zero-order chi connectivity index (χ0) is 12.4. The fourth-order valence-electron chi connectivity index (χ4n) is 1.62. The fourth-order valence-corrected chi connectivity index (χ4v) is 2.58. The Morgan fingerprint density at radius 3 is 2.71 bits per heavy atom. The van der Waals surface area contributed by atoms with Crippen LogP contribution in [0.2, 0.25) is 0 Å². The summed E-state index contributed by atoms with van der Waals surface area (Å²) >= 11 is 1.79. The Morgan fingerprint density at radius 2 is 2.12 bits per heavy atom. The first-order chi connectivity index (χ1) is 8.08. The van der Waals surface area contributed by atoms with Crippen molar-refractivity contribution in [2.24, 2.45) is 0 Å². The molecule has 90 valence electrons. The van der Waals surface area contributed by atoms with Gasteiger partial charge in [0.05, 0.1) is 18.4 Å². The number of rotatable bonds is 3. The molecule has 2 N–H and O–H groups in total. The normalized spacial score (nSPS) is 10.5. The van der Waals surface area contributed by atoms with Crippen LogP contribution in [-0.2, 0) is 6.54 Å². The molecule has 4 heteroatoms. The van der Waals surface area contributed by atoms with Crippen molar-refractivity contribution in [3.05, 3.63) is 39.7 Å². The summed E-state index contributed by atoms with van der Waals surface area (Å²) in [6, 6.07) is 4.17. The van der Waals surface area contributed by atoms with E-state index in [0.717, 1.165) is 23.6 Å². The summed E-state index contributed by atoms with van der Waals surface area (Å²) in [6.45, 7) is 5.03. The van der Waals surface area contributed by atoms with E-state index in [2.05, 4.69) is 35.3 Å². The maximum Gasteiger partial charge on any atom is 0.128 e. The van der Waals surface area contributed by atoms with E-state index in [-0.39, 0.29) is 0 Å². The van der Waals surface area contributed by atoms with Gasteiger partial charge >= 0.3 is 0 Å². The Hall–Kier alpha value is -1.55. The average molecular weight is 247 g/mol. The highest BCUT2D eigenvalue weighted by atomic mass is 32.1. The van der Waals surface area contributed by atoms with Crippen LogP contribution in [0.25, 0.3) is 0 Å². The van der Waals surface area contributed by atoms with E-state index in [9.17, 15) is 0 Å². The van der Waals surface area contributed by atoms with Gasteiger partial charge in [-0.15, -0.1) is 11.3 Å². The average Bonchev–Trinajstić information content (AvgIpc) is 2.68. The molecule has 2 aromatic rings. The molecule has 3 nitrogen and oxygen atoms in total. The van der Waals surface area contributed by atoms with E-state index < -0.39 is 0 Å². The minimum absolute atomic E-state index is 0.745. The van der Waals surface area contributed by atoms with Gasteiger partial charge in [0.1, 0.15) is 5.82 Å². The van der Waals surface area contributed by atoms with Gasteiger partial charge in [-0.05, 0) is 42.5 Å². The second-order valence-corrected chi connectivity index (χ2v) is 5.28. The number of nitrogen functional groups attached to an aromatic ring is 1. The monoisotopic (exact) mass is 247 g/mol. The van der Waals surface area contributed by atoms with E-state index >= 15 is 0 Å². The largest absolute Gasteiger partial charge is 0.397 e. The molecule has 0 amide bonds. The van der Waals surface area contributed by atoms with Crippen LogP contribution in [0.4, 0.5) is 11.5 Å². The van der Waals surface area contributed by atoms with Crippen molar-refractivity contribution in [3.63, 3.8) is 0 Å². The van der Waals surface area contributed by atoms with Crippen LogP contribution in [0.5, 0.6) is 0 Å². The van der Waals surface area contributed by atoms with Gasteiger partial charge in [0.15, 0.2) is 0 Å². The molecule has 2 aromatic heterocycles. The number of nitrogens with zero attached hydrogens (tertiary/aromatic N) is 2. The minimum Gasteiger partial charge on any atom is -0.397 e. The van der Waals surface area contributed by atoms with Gasteiger partial charge in [-0.2, -0.15) is 0 Å². The standard InChI is InChI=1S/C13H17N3S/c1-9-4-5-17-12(9)8-16(3)13-6-10(2)11(14)7-15-13/h4-7H,8,14H2,1-3H3. The number of nitrogens with two attached hydrogens (primary N) is 1. The molecule has 17 heavy (non-hydrogen) atoms. The van der Waals surface area contributed by atoms with E-state index in [0.29, 0.717) is 0 Å². The lowest BCUT2D eigenvalue weighted by molar-refractivity contribution is 0.906. The predicted octanol–water partition coefficient (Wildman–Crippen LogP) is 2.98. The molecule has 0 aromatic carbocycles. The van der Waals surface area contributed by atoms with E-state index in [1.807, 2.05) is 13.0 Å². The molecule has 0 aliphatic heterocycles. The number of aromatic nitrogens is 1. The van der Waals surface area contributed by atoms with Crippen LogP contribution in [0.1, 0.15) is 16.0 Å². The molecule has 2 heterocycles. The highest BCUT2D eigenvalue weighted by Gasteiger charge is 2.07. The van der Waals surface area contributed by atoms with Crippen molar-refractivity contribution in [2.75, 3.05) is 17.7 Å². The van der Waals surface area contributed by atoms with Crippen LogP contribution in [0.15, 0.2) is 23.7 Å². The van der Waals surface area contributed by atoms with E-state index in [1.165, 1.54) is 10.4 Å². The van der Waals surface area contributed by atoms with Gasteiger partial charge in [0.2, 0.25) is 0 Å². The van der Waals surface area contributed by atoms with Crippen molar-refractivity contribution in [3.8, 4) is 0 Å². The van der Waals surface area contributed by atoms with Crippen LogP contribution < -0.4 is 10.6 Å². The molecular formula is C13H17N3S. The Kier molecular flexibility index (Phi) is 3.33. The van der Waals surface area contributed by atoms with Crippen LogP contribution >= 0.6 is 11.3 Å². The summed E-state index contributed by atoms with van der Waals surface area (Å²) < 4.78 is 0. The Morgan fingerprint density at radius 1 is 1.35 bits per heavy atom. The SMILES string of the molecule is Cc1cc(N(C)Cc2sccc2C)ncc1N. The summed E-state index contributed by atoms with van der Waals surface area (Å²) in [5.41, 5.74) is 8.93. The summed E-state index contributed by atoms with van der Waals surface area (Å²) in [5.74, 6) is 0.963. The number of anilines is 2. The van der Waals surface area contributed by atoms with Gasteiger partial charge in [-0.25, -0.2) is 4.98 Å². The second-order valence-electron chi connectivity index (χ2n) is 4.28. The van der Waals surface area contributed by atoms with Crippen molar-refractivity contribution in [1.29, 1.82) is 0 Å². The number of hydrogen-bond acceptors (Lipinski definition) is 4. The molecule has 0 atom stereocenters. The van der Waals surface area contributed by atoms with Gasteiger partial charge in [-0.1, -0.05) is 0 Å². The Bertz CT molecular complexity index is 519. The summed E-state index contributed by atoms with van der Waals surface area (Å²) in [4.78, 5) is 7.88. The Labute approximate surface area is 106 Å². The van der Waals surface area contributed by atoms with Gasteiger partial charge < -0.3 is 10.6 Å². The third-order valence-electron chi connectivity index (χ3n) is 2.88. The molecule has 0 fully saturated rings. The van der Waals surface area contributed by atoms with Crippen molar-refractivity contribution in [1.82, 2.24) is 4.98 Å². The molecule has 0 saturated carbocycles. The smallest absolute Gasteiger partial charge is 0.128 e. The maximum atomic E-state index is 5.77. The minimum atomic E-state index is 0.745. The number of aryl methyl sites for hydroxylation is 2. The zero-order valence-electron chi connectivity index (χ0n) is 10.4. The summed E-state index contributed by atoms with van der Waals surface area (Å²) in [7, 11) is 2.05. The number of pyridine rings is 1. The predicted molar refractivity (Wildman–Crippen MR) is 74.5 cm³/mol. The number of thiophene rings is 1. The van der Waals surface area contributed by atoms with Gasteiger partial charge in [0, 0.05) is 11.9 Å². The first-order valence-electron chi connectivity index (χ1n) is 5.54. The highest BCUT2D eigenvalue weighted by molar-refractivity contribution is 7.10. The third-order valence-corrected chi connectivity index (χ3v) is 3.88. The molecule has 0 unspecified atom stereocenters. The molecular weight excluding hydrogens is 230 g/mol. The number of hydrogen-bond donors (Lipinski definition) is 1. The molecule has 0 aliphatic rings. The zero-order valence-corrected chi connectivity index (χ0v) is 11.2. The third kappa shape index (κ3) is 2.58. The quantitative estimate of drug-likeness (QED) is 0.906. The first kappa shape index (κ1) is 11.9. The van der Waals surface area contributed by atoms with Crippen LogP contribution in [0.3, 0.4) is 0 Å². The van der Waals surface area contributed by atoms with Crippen LogP contribution in [0, 0.1) is 13.8 Å². The Balaban J connectivity index is 2.17. The van der Waals surface area contributed by atoms with Crippen molar-refractivity contribution < 1.29 is 0 Å². The van der Waals surface area contributed by atoms with Crippen molar-refractivity contribution in [2.45, 2.75) is 20.4 Å².